The Bertz CT molecular complexity index is 1690. The zero-order valence-corrected chi connectivity index (χ0v) is 21.9. The van der Waals surface area contributed by atoms with Gasteiger partial charge in [0.25, 0.3) is 5.91 Å². The van der Waals surface area contributed by atoms with Crippen molar-refractivity contribution < 1.29 is 55.7 Å². The van der Waals surface area contributed by atoms with Crippen LogP contribution in [0, 0.1) is 0 Å². The first kappa shape index (κ1) is 30.8. The summed E-state index contributed by atoms with van der Waals surface area (Å²) in [6.45, 7) is 0. The first-order chi connectivity index (χ1) is 20.1. The van der Waals surface area contributed by atoms with Gasteiger partial charge in [-0.1, -0.05) is 18.2 Å². The number of pyridine rings is 1. The molecule has 4 rings (SSSR count). The summed E-state index contributed by atoms with van der Waals surface area (Å²) < 4.78 is 84.9. The summed E-state index contributed by atoms with van der Waals surface area (Å²) in [6.07, 6.45) is -10.2. The summed E-state index contributed by atoms with van der Waals surface area (Å²) in [5.74, 6) is -3.38. The van der Waals surface area contributed by atoms with Gasteiger partial charge in [0.1, 0.15) is 17.5 Å². The maximum atomic E-state index is 13.4. The van der Waals surface area contributed by atoms with Crippen LogP contribution in [-0.2, 0) is 28.3 Å². The van der Waals surface area contributed by atoms with Crippen LogP contribution in [-0.4, -0.2) is 46.2 Å². The van der Waals surface area contributed by atoms with Crippen molar-refractivity contribution in [3.63, 3.8) is 0 Å². The topological polar surface area (TPSA) is 126 Å². The third-order valence-corrected chi connectivity index (χ3v) is 6.36. The van der Waals surface area contributed by atoms with Crippen LogP contribution in [0.25, 0.3) is 22.0 Å². The predicted octanol–water partition coefficient (Wildman–Crippen LogP) is 5.86. The van der Waals surface area contributed by atoms with Crippen LogP contribution >= 0.6 is 0 Å². The van der Waals surface area contributed by atoms with E-state index in [0.29, 0.717) is 17.7 Å². The van der Waals surface area contributed by atoms with Crippen molar-refractivity contribution in [2.45, 2.75) is 24.8 Å². The molecule has 0 spiro atoms. The Hall–Kier alpha value is -5.14. The number of phenols is 1. The number of carbonyl (C=O) groups is 3. The number of rotatable bonds is 7. The second-order valence-corrected chi connectivity index (χ2v) is 9.31. The molecular weight excluding hydrogens is 586 g/mol. The fourth-order valence-electron chi connectivity index (χ4n) is 4.26. The lowest BCUT2D eigenvalue weighted by Gasteiger charge is -2.17. The van der Waals surface area contributed by atoms with E-state index < -0.39 is 64.2 Å². The number of nitrogens with zero attached hydrogens (tertiary/aromatic N) is 1. The number of carbonyl (C=O) groups excluding carboxylic acids is 2. The smallest absolute Gasteiger partial charge is 0.416 e. The number of ether oxygens (including phenoxy) is 1. The van der Waals surface area contributed by atoms with Crippen LogP contribution in [0.3, 0.4) is 0 Å². The van der Waals surface area contributed by atoms with E-state index in [9.17, 15) is 50.9 Å². The van der Waals surface area contributed by atoms with E-state index in [1.165, 1.54) is 24.3 Å². The maximum Gasteiger partial charge on any atom is 0.416 e. The number of nitrogens with one attached hydrogen (secondary N) is 1. The number of aromatic carboxylic acids is 1. The summed E-state index contributed by atoms with van der Waals surface area (Å²) in [5.41, 5.74) is -4.25. The molecule has 3 N–H and O–H groups in total. The largest absolute Gasteiger partial charge is 0.508 e. The number of hydrogen-bond donors (Lipinski definition) is 3. The van der Waals surface area contributed by atoms with Crippen LogP contribution in [0.5, 0.6) is 5.75 Å². The number of hydrogen-bond acceptors (Lipinski definition) is 6. The Labute approximate surface area is 238 Å². The number of phenolic OH excluding ortho intramolecular Hbond substituents is 1. The summed E-state index contributed by atoms with van der Waals surface area (Å²) in [7, 11) is 1.09. The lowest BCUT2D eigenvalue weighted by atomic mass is 9.96. The van der Waals surface area contributed by atoms with Gasteiger partial charge in [0, 0.05) is 11.8 Å². The second-order valence-electron chi connectivity index (χ2n) is 9.31. The fourth-order valence-corrected chi connectivity index (χ4v) is 4.26. The first-order valence-corrected chi connectivity index (χ1v) is 12.2. The minimum Gasteiger partial charge on any atom is -0.508 e. The number of halogens is 6. The highest BCUT2D eigenvalue weighted by Gasteiger charge is 2.37. The molecule has 1 amide bonds. The lowest BCUT2D eigenvalue weighted by Crippen LogP contribution is -2.43. The highest BCUT2D eigenvalue weighted by Crippen LogP contribution is 2.39. The fraction of sp³-hybridized carbons (Fsp3) is 0.172. The van der Waals surface area contributed by atoms with Crippen LogP contribution in [0.15, 0.2) is 66.7 Å². The van der Waals surface area contributed by atoms with Gasteiger partial charge in [-0.05, 0) is 65.2 Å². The maximum absolute atomic E-state index is 13.4. The Kier molecular flexibility index (Phi) is 8.33. The molecule has 4 aromatic rings. The number of carboxylic acids is 1. The van der Waals surface area contributed by atoms with Gasteiger partial charge in [0.05, 0.1) is 29.3 Å². The van der Waals surface area contributed by atoms with Gasteiger partial charge in [0.15, 0.2) is 0 Å². The molecule has 224 valence electrons. The van der Waals surface area contributed by atoms with Crippen molar-refractivity contribution in [3.05, 3.63) is 94.7 Å². The molecule has 1 atom stereocenters. The van der Waals surface area contributed by atoms with Gasteiger partial charge in [-0.15, -0.1) is 0 Å². The van der Waals surface area contributed by atoms with E-state index in [2.05, 4.69) is 10.3 Å². The van der Waals surface area contributed by atoms with E-state index in [0.717, 1.165) is 31.4 Å². The highest BCUT2D eigenvalue weighted by atomic mass is 19.4. The zero-order chi connectivity index (χ0) is 31.7. The number of aromatic hydroxyl groups is 1. The average Bonchev–Trinajstić information content (AvgIpc) is 2.95. The first-order valence-electron chi connectivity index (χ1n) is 12.2. The minimum atomic E-state index is -5.09. The van der Waals surface area contributed by atoms with Gasteiger partial charge >= 0.3 is 24.3 Å². The third kappa shape index (κ3) is 7.02. The van der Waals surface area contributed by atoms with E-state index >= 15 is 0 Å². The normalized spacial score (nSPS) is 12.5. The Balaban J connectivity index is 1.74. The number of methoxy groups -OCH3 is 1. The minimum absolute atomic E-state index is 0.0249. The number of esters is 1. The van der Waals surface area contributed by atoms with Crippen molar-refractivity contribution in [3.8, 4) is 16.9 Å². The van der Waals surface area contributed by atoms with E-state index in [4.69, 9.17) is 4.74 Å². The van der Waals surface area contributed by atoms with Gasteiger partial charge in [-0.2, -0.15) is 26.3 Å². The summed E-state index contributed by atoms with van der Waals surface area (Å²) in [4.78, 5) is 41.6. The number of aromatic nitrogens is 1. The molecule has 43 heavy (non-hydrogen) atoms. The molecule has 0 unspecified atom stereocenters. The molecular formula is C29H20F6N2O6. The second kappa shape index (κ2) is 11.6. The number of alkyl halides is 6. The van der Waals surface area contributed by atoms with E-state index in [1.54, 1.807) is 0 Å². The molecule has 0 saturated heterocycles. The molecule has 0 radical (unpaired) electrons. The molecule has 0 aliphatic carbocycles. The van der Waals surface area contributed by atoms with Crippen LogP contribution in [0.2, 0.25) is 0 Å². The Morgan fingerprint density at radius 3 is 2.00 bits per heavy atom. The number of carboxylic acid groups (broad SMARTS) is 1. The molecule has 1 heterocycles. The van der Waals surface area contributed by atoms with Crippen molar-refractivity contribution >= 4 is 28.7 Å². The molecule has 0 aliphatic heterocycles. The molecule has 0 bridgehead atoms. The van der Waals surface area contributed by atoms with E-state index in [1.807, 2.05) is 0 Å². The molecule has 1 aromatic heterocycles. The molecule has 0 fully saturated rings. The van der Waals surface area contributed by atoms with Crippen molar-refractivity contribution in [2.75, 3.05) is 7.11 Å². The number of amides is 1. The molecule has 14 heteroatoms. The monoisotopic (exact) mass is 606 g/mol. The summed E-state index contributed by atoms with van der Waals surface area (Å²) >= 11 is 0. The van der Waals surface area contributed by atoms with Crippen molar-refractivity contribution in [2.24, 2.45) is 0 Å². The zero-order valence-electron chi connectivity index (χ0n) is 21.9. The van der Waals surface area contributed by atoms with Crippen molar-refractivity contribution in [1.29, 1.82) is 0 Å². The Morgan fingerprint density at radius 1 is 0.860 bits per heavy atom. The van der Waals surface area contributed by atoms with E-state index in [-0.39, 0.29) is 34.7 Å². The van der Waals surface area contributed by atoms with Gasteiger partial charge in [0.2, 0.25) is 0 Å². The highest BCUT2D eigenvalue weighted by molar-refractivity contribution is 6.07. The van der Waals surface area contributed by atoms with Crippen LogP contribution < -0.4 is 5.32 Å². The molecule has 0 saturated carbocycles. The third-order valence-electron chi connectivity index (χ3n) is 6.36. The van der Waals surface area contributed by atoms with Crippen LogP contribution in [0.1, 0.15) is 37.5 Å². The van der Waals surface area contributed by atoms with Gasteiger partial charge in [-0.25, -0.2) is 14.6 Å². The quantitative estimate of drug-likeness (QED) is 0.178. The van der Waals surface area contributed by atoms with Gasteiger partial charge < -0.3 is 20.3 Å². The van der Waals surface area contributed by atoms with Gasteiger partial charge in [-0.3, -0.25) is 4.79 Å². The number of benzene rings is 3. The number of fused-ring (bicyclic) bond motifs is 1. The summed E-state index contributed by atoms with van der Waals surface area (Å²) in [6, 6.07) is 9.72. The predicted molar refractivity (Wildman–Crippen MR) is 139 cm³/mol. The lowest BCUT2D eigenvalue weighted by molar-refractivity contribution is -0.144. The Morgan fingerprint density at radius 2 is 1.47 bits per heavy atom. The molecule has 0 aliphatic rings. The molecule has 3 aromatic carbocycles. The standard InChI is InChI=1S/C29H20F6N2O6/c1-43-27(42)24(8-14-2-5-19(38)6-3-14)37-25(39)23-13-21(26(40)41)20-11-15(4-7-22(20)36-23)16-9-17(28(30,31)32)12-18(10-16)29(33,34)35/h2-7,9-13,24,38H,8H2,1H3,(H,37,39)(H,40,41)/t24-/m0/s1. The molecule has 8 nitrogen and oxygen atoms in total. The SMILES string of the molecule is COC(=O)[C@H](Cc1ccc(O)cc1)NC(=O)c1cc(C(=O)O)c2cc(-c3cc(C(F)(F)F)cc(C(F)(F)F)c3)ccc2n1. The summed E-state index contributed by atoms with van der Waals surface area (Å²) in [5, 5.41) is 21.5. The van der Waals surface area contributed by atoms with Crippen LogP contribution in [0.4, 0.5) is 26.3 Å². The van der Waals surface area contributed by atoms with Crippen molar-refractivity contribution in [1.82, 2.24) is 10.3 Å². The average molecular weight is 606 g/mol.